The Bertz CT molecular complexity index is 839. The van der Waals surface area contributed by atoms with Gasteiger partial charge in [0.25, 0.3) is 0 Å². The van der Waals surface area contributed by atoms with Crippen LogP contribution in [0.5, 0.6) is 0 Å². The SMILES string of the molecule is C=C1CC[C@@H]2OC(C)(C)[C@H](O)CC[C@]2(C)[C@@H]1CC[C@]1(O)[C@H](C)CC[C@@H]2OC(C)(C)[C@H](O)[C@@H](O)C[C@]21C. The molecule has 36 heavy (non-hydrogen) atoms. The van der Waals surface area contributed by atoms with Crippen molar-refractivity contribution in [2.24, 2.45) is 22.7 Å². The van der Waals surface area contributed by atoms with Crippen LogP contribution in [0, 0.1) is 22.7 Å². The molecule has 2 saturated carbocycles. The Labute approximate surface area is 218 Å². The number of aliphatic hydroxyl groups is 4. The lowest BCUT2D eigenvalue weighted by Gasteiger charge is -2.57. The summed E-state index contributed by atoms with van der Waals surface area (Å²) in [4.78, 5) is 0. The number of rotatable bonds is 3. The van der Waals surface area contributed by atoms with Gasteiger partial charge < -0.3 is 29.9 Å². The summed E-state index contributed by atoms with van der Waals surface area (Å²) in [7, 11) is 0. The summed E-state index contributed by atoms with van der Waals surface area (Å²) in [5, 5.41) is 45.1. The highest BCUT2D eigenvalue weighted by atomic mass is 16.5. The molecule has 208 valence electrons. The molecule has 4 aliphatic rings. The lowest BCUT2D eigenvalue weighted by Crippen LogP contribution is -2.61. The van der Waals surface area contributed by atoms with E-state index in [0.717, 1.165) is 38.5 Å². The molecule has 0 bridgehead atoms. The number of fused-ring (bicyclic) bond motifs is 2. The van der Waals surface area contributed by atoms with Gasteiger partial charge in [0.15, 0.2) is 0 Å². The summed E-state index contributed by atoms with van der Waals surface area (Å²) in [6.45, 7) is 18.6. The Balaban J connectivity index is 1.63. The fourth-order valence-electron chi connectivity index (χ4n) is 8.45. The standard InChI is InChI=1S/C30H52O6/c1-18-9-11-23-28(7,15-14-22(32)26(3,4)35-23)20(18)13-16-30(34)19(2)10-12-24-29(30,8)17-21(31)25(33)27(5,6)36-24/h19-25,31-34H,1,9-17H2,2-8H3/t19-,20-,21+,22-,23+,24+,25-,28-,29-,30+/m1/s1. The summed E-state index contributed by atoms with van der Waals surface area (Å²) < 4.78 is 13.0. The fraction of sp³-hybridized carbons (Fsp3) is 0.933. The monoisotopic (exact) mass is 508 g/mol. The van der Waals surface area contributed by atoms with Gasteiger partial charge in [-0.1, -0.05) is 32.9 Å². The minimum Gasteiger partial charge on any atom is -0.390 e. The predicted octanol–water partition coefficient (Wildman–Crippen LogP) is 4.51. The molecule has 10 atom stereocenters. The van der Waals surface area contributed by atoms with Crippen LogP contribution >= 0.6 is 0 Å². The first-order chi connectivity index (χ1) is 16.5. The summed E-state index contributed by atoms with van der Waals surface area (Å²) >= 11 is 0. The molecule has 2 saturated heterocycles. The van der Waals surface area contributed by atoms with Crippen LogP contribution in [0.25, 0.3) is 0 Å². The van der Waals surface area contributed by atoms with E-state index in [1.54, 1.807) is 0 Å². The minimum absolute atomic E-state index is 0.0412. The van der Waals surface area contributed by atoms with Crippen molar-refractivity contribution >= 4 is 0 Å². The number of ether oxygens (including phenoxy) is 2. The van der Waals surface area contributed by atoms with E-state index in [1.807, 2.05) is 27.7 Å². The zero-order chi connectivity index (χ0) is 26.9. The van der Waals surface area contributed by atoms with Crippen LogP contribution in [0.4, 0.5) is 0 Å². The van der Waals surface area contributed by atoms with E-state index in [-0.39, 0.29) is 29.5 Å². The van der Waals surface area contributed by atoms with Gasteiger partial charge in [-0.3, -0.25) is 0 Å². The maximum absolute atomic E-state index is 12.5. The van der Waals surface area contributed by atoms with Gasteiger partial charge in [0.2, 0.25) is 0 Å². The first kappa shape index (κ1) is 28.5. The molecule has 0 aromatic carbocycles. The summed E-state index contributed by atoms with van der Waals surface area (Å²) in [5.74, 6) is 0.218. The zero-order valence-corrected chi connectivity index (χ0v) is 23.7. The third kappa shape index (κ3) is 4.42. The number of aliphatic hydroxyl groups excluding tert-OH is 3. The molecule has 6 nitrogen and oxygen atoms in total. The number of hydrogen-bond acceptors (Lipinski definition) is 6. The van der Waals surface area contributed by atoms with Crippen molar-refractivity contribution in [2.45, 2.75) is 154 Å². The molecule has 0 spiro atoms. The van der Waals surface area contributed by atoms with Gasteiger partial charge in [-0.25, -0.2) is 0 Å². The van der Waals surface area contributed by atoms with Crippen molar-refractivity contribution in [3.8, 4) is 0 Å². The van der Waals surface area contributed by atoms with Crippen molar-refractivity contribution in [3.05, 3.63) is 12.2 Å². The van der Waals surface area contributed by atoms with E-state index in [2.05, 4.69) is 27.4 Å². The molecule has 0 unspecified atom stereocenters. The number of hydrogen-bond donors (Lipinski definition) is 4. The molecule has 2 heterocycles. The average molecular weight is 509 g/mol. The topological polar surface area (TPSA) is 99.4 Å². The van der Waals surface area contributed by atoms with Gasteiger partial charge in [-0.15, -0.1) is 0 Å². The quantitative estimate of drug-likeness (QED) is 0.419. The van der Waals surface area contributed by atoms with Gasteiger partial charge in [0.05, 0.1) is 41.2 Å². The highest BCUT2D eigenvalue weighted by Crippen LogP contribution is 2.59. The van der Waals surface area contributed by atoms with Gasteiger partial charge in [0, 0.05) is 10.8 Å². The molecular formula is C30H52O6. The van der Waals surface area contributed by atoms with E-state index in [9.17, 15) is 20.4 Å². The Morgan fingerprint density at radius 2 is 1.53 bits per heavy atom. The van der Waals surface area contributed by atoms with E-state index in [4.69, 9.17) is 9.47 Å². The van der Waals surface area contributed by atoms with E-state index in [1.165, 1.54) is 5.57 Å². The van der Waals surface area contributed by atoms with Crippen molar-refractivity contribution in [1.82, 2.24) is 0 Å². The van der Waals surface area contributed by atoms with Crippen molar-refractivity contribution in [1.29, 1.82) is 0 Å². The van der Waals surface area contributed by atoms with Crippen LogP contribution < -0.4 is 0 Å². The molecular weight excluding hydrogens is 456 g/mol. The summed E-state index contributed by atoms with van der Waals surface area (Å²) in [6, 6.07) is 0. The maximum atomic E-state index is 12.5. The van der Waals surface area contributed by atoms with Gasteiger partial charge in [-0.2, -0.15) is 0 Å². The number of allylic oxidation sites excluding steroid dienone is 1. The summed E-state index contributed by atoms with van der Waals surface area (Å²) in [5.41, 5.74) is -2.14. The van der Waals surface area contributed by atoms with Gasteiger partial charge >= 0.3 is 0 Å². The van der Waals surface area contributed by atoms with Crippen LogP contribution in [0.15, 0.2) is 12.2 Å². The van der Waals surface area contributed by atoms with Crippen LogP contribution in [-0.2, 0) is 9.47 Å². The van der Waals surface area contributed by atoms with Crippen LogP contribution in [-0.4, -0.2) is 67.7 Å². The van der Waals surface area contributed by atoms with Crippen molar-refractivity contribution in [3.63, 3.8) is 0 Å². The van der Waals surface area contributed by atoms with E-state index in [0.29, 0.717) is 19.3 Å². The fourth-order valence-corrected chi connectivity index (χ4v) is 8.45. The third-order valence-electron chi connectivity index (χ3n) is 11.3. The van der Waals surface area contributed by atoms with Gasteiger partial charge in [0.1, 0.15) is 6.10 Å². The Morgan fingerprint density at radius 3 is 2.19 bits per heavy atom. The predicted molar refractivity (Wildman–Crippen MR) is 140 cm³/mol. The average Bonchev–Trinajstić information content (AvgIpc) is 2.92. The molecule has 4 fully saturated rings. The van der Waals surface area contributed by atoms with Crippen LogP contribution in [0.2, 0.25) is 0 Å². The second-order valence-corrected chi connectivity index (χ2v) is 14.3. The Morgan fingerprint density at radius 1 is 0.889 bits per heavy atom. The van der Waals surface area contributed by atoms with E-state index >= 15 is 0 Å². The Kier molecular flexibility index (Phi) is 7.37. The zero-order valence-electron chi connectivity index (χ0n) is 23.7. The van der Waals surface area contributed by atoms with E-state index < -0.39 is 40.5 Å². The van der Waals surface area contributed by atoms with Crippen LogP contribution in [0.3, 0.4) is 0 Å². The molecule has 6 heteroatoms. The maximum Gasteiger partial charge on any atom is 0.108 e. The highest BCUT2D eigenvalue weighted by molar-refractivity contribution is 5.17. The molecule has 0 aromatic heterocycles. The molecule has 4 rings (SSSR count). The smallest absolute Gasteiger partial charge is 0.108 e. The molecule has 2 aliphatic heterocycles. The molecule has 0 radical (unpaired) electrons. The molecule has 0 amide bonds. The van der Waals surface area contributed by atoms with Crippen molar-refractivity contribution in [2.75, 3.05) is 0 Å². The van der Waals surface area contributed by atoms with Crippen molar-refractivity contribution < 1.29 is 29.9 Å². The molecule has 0 aromatic rings. The second-order valence-electron chi connectivity index (χ2n) is 14.3. The first-order valence-corrected chi connectivity index (χ1v) is 14.3. The first-order valence-electron chi connectivity index (χ1n) is 14.3. The van der Waals surface area contributed by atoms with Gasteiger partial charge in [-0.05, 0) is 97.3 Å². The Hall–Kier alpha value is -0.500. The molecule has 2 aliphatic carbocycles. The van der Waals surface area contributed by atoms with Crippen LogP contribution in [0.1, 0.15) is 106 Å². The highest BCUT2D eigenvalue weighted by Gasteiger charge is 2.62. The lowest BCUT2D eigenvalue weighted by atomic mass is 9.53. The lowest BCUT2D eigenvalue weighted by molar-refractivity contribution is -0.234. The molecule has 4 N–H and O–H groups in total. The summed E-state index contributed by atoms with van der Waals surface area (Å²) in [6.07, 6.45) is 4.00. The normalized spacial score (nSPS) is 51.0. The largest absolute Gasteiger partial charge is 0.390 e. The minimum atomic E-state index is -1.05. The third-order valence-corrected chi connectivity index (χ3v) is 11.3. The second kappa shape index (κ2) is 9.31.